The van der Waals surface area contributed by atoms with Crippen molar-refractivity contribution in [2.45, 2.75) is 33.2 Å². The summed E-state index contributed by atoms with van der Waals surface area (Å²) in [7, 11) is 0. The molecule has 1 saturated heterocycles. The molecule has 0 saturated carbocycles. The predicted molar refractivity (Wildman–Crippen MR) is 74.5 cm³/mol. The van der Waals surface area contributed by atoms with E-state index in [1.165, 1.54) is 0 Å². The van der Waals surface area contributed by atoms with Crippen molar-refractivity contribution >= 4 is 5.69 Å². The van der Waals surface area contributed by atoms with Gasteiger partial charge in [-0.25, -0.2) is 4.39 Å². The smallest absolute Gasteiger partial charge is 0.146 e. The first-order chi connectivity index (χ1) is 8.48. The molecule has 0 radical (unpaired) electrons. The second-order valence-corrected chi connectivity index (χ2v) is 6.12. The van der Waals surface area contributed by atoms with Crippen LogP contribution in [0.25, 0.3) is 0 Å². The molecule has 1 N–H and O–H groups in total. The summed E-state index contributed by atoms with van der Waals surface area (Å²) < 4.78 is 13.9. The fourth-order valence-electron chi connectivity index (χ4n) is 2.43. The van der Waals surface area contributed by atoms with Gasteiger partial charge in [0.25, 0.3) is 0 Å². The summed E-state index contributed by atoms with van der Waals surface area (Å²) in [4.78, 5) is 2.17. The molecule has 0 aromatic heterocycles. The van der Waals surface area contributed by atoms with Gasteiger partial charge < -0.3 is 10.2 Å². The van der Waals surface area contributed by atoms with Crippen molar-refractivity contribution in [3.8, 4) is 0 Å². The van der Waals surface area contributed by atoms with Gasteiger partial charge in [-0.1, -0.05) is 32.9 Å². The topological polar surface area (TPSA) is 15.3 Å². The van der Waals surface area contributed by atoms with Gasteiger partial charge in [0.1, 0.15) is 5.82 Å². The summed E-state index contributed by atoms with van der Waals surface area (Å²) >= 11 is 0. The van der Waals surface area contributed by atoms with Crippen LogP contribution in [0, 0.1) is 11.2 Å². The molecule has 3 heteroatoms. The van der Waals surface area contributed by atoms with Crippen LogP contribution in [0.4, 0.5) is 10.1 Å². The van der Waals surface area contributed by atoms with Crippen LogP contribution >= 0.6 is 0 Å². The van der Waals surface area contributed by atoms with E-state index in [4.69, 9.17) is 0 Å². The second kappa shape index (κ2) is 5.27. The molecule has 1 heterocycles. The molecule has 1 atom stereocenters. The highest BCUT2D eigenvalue weighted by molar-refractivity contribution is 5.48. The van der Waals surface area contributed by atoms with Gasteiger partial charge in [0.05, 0.1) is 5.69 Å². The van der Waals surface area contributed by atoms with Crippen LogP contribution in [-0.2, 0) is 0 Å². The zero-order chi connectivity index (χ0) is 13.2. The maximum absolute atomic E-state index is 13.9. The number of halogens is 1. The molecule has 18 heavy (non-hydrogen) atoms. The number of para-hydroxylation sites is 1. The van der Waals surface area contributed by atoms with E-state index in [9.17, 15) is 4.39 Å². The van der Waals surface area contributed by atoms with Crippen molar-refractivity contribution in [3.63, 3.8) is 0 Å². The lowest BCUT2D eigenvalue weighted by Gasteiger charge is -2.34. The number of nitrogens with zero attached hydrogens (tertiary/aromatic N) is 1. The van der Waals surface area contributed by atoms with Gasteiger partial charge in [0, 0.05) is 19.1 Å². The summed E-state index contributed by atoms with van der Waals surface area (Å²) in [6, 6.07) is 7.46. The van der Waals surface area contributed by atoms with Crippen molar-refractivity contribution in [2.75, 3.05) is 24.5 Å². The maximum Gasteiger partial charge on any atom is 0.146 e. The zero-order valence-electron chi connectivity index (χ0n) is 11.5. The molecule has 0 amide bonds. The molecule has 1 aromatic carbocycles. The van der Waals surface area contributed by atoms with Crippen molar-refractivity contribution < 1.29 is 4.39 Å². The van der Waals surface area contributed by atoms with E-state index < -0.39 is 0 Å². The van der Waals surface area contributed by atoms with Crippen LogP contribution in [0.5, 0.6) is 0 Å². The molecule has 1 aliphatic rings. The van der Waals surface area contributed by atoms with Crippen LogP contribution in [0.15, 0.2) is 24.3 Å². The Kier molecular flexibility index (Phi) is 3.91. The van der Waals surface area contributed by atoms with E-state index in [2.05, 4.69) is 31.0 Å². The average molecular weight is 250 g/mol. The highest BCUT2D eigenvalue weighted by Crippen LogP contribution is 2.26. The van der Waals surface area contributed by atoms with E-state index in [0.717, 1.165) is 31.7 Å². The Hall–Kier alpha value is -1.09. The van der Waals surface area contributed by atoms with E-state index >= 15 is 0 Å². The maximum atomic E-state index is 13.9. The molecular weight excluding hydrogens is 227 g/mol. The molecule has 1 aliphatic heterocycles. The Morgan fingerprint density at radius 1 is 1.28 bits per heavy atom. The highest BCUT2D eigenvalue weighted by Gasteiger charge is 2.28. The fourth-order valence-corrected chi connectivity index (χ4v) is 2.43. The third kappa shape index (κ3) is 3.02. The molecule has 1 aromatic rings. The highest BCUT2D eigenvalue weighted by atomic mass is 19.1. The molecular formula is C15H23FN2. The number of hydrogen-bond acceptors (Lipinski definition) is 2. The SMILES string of the molecule is CC(C)(C)C1CN(c2ccccc2F)CCCN1. The number of rotatable bonds is 1. The molecule has 2 nitrogen and oxygen atoms in total. The van der Waals surface area contributed by atoms with Crippen LogP contribution in [0.3, 0.4) is 0 Å². The molecule has 0 aliphatic carbocycles. The quantitative estimate of drug-likeness (QED) is 0.824. The van der Waals surface area contributed by atoms with Gasteiger partial charge in [0.2, 0.25) is 0 Å². The van der Waals surface area contributed by atoms with Crippen molar-refractivity contribution in [3.05, 3.63) is 30.1 Å². The van der Waals surface area contributed by atoms with E-state index in [1.54, 1.807) is 12.1 Å². The van der Waals surface area contributed by atoms with E-state index in [-0.39, 0.29) is 11.2 Å². The number of nitrogens with one attached hydrogen (secondary N) is 1. The molecule has 0 spiro atoms. The Labute approximate surface area is 109 Å². The Bertz CT molecular complexity index is 398. The van der Waals surface area contributed by atoms with E-state index in [1.807, 2.05) is 12.1 Å². The standard InChI is InChI=1S/C15H23FN2/c1-15(2,3)14-11-18(10-6-9-17-14)13-8-5-4-7-12(13)16/h4-5,7-8,14,17H,6,9-11H2,1-3H3. The van der Waals surface area contributed by atoms with Crippen molar-refractivity contribution in [2.24, 2.45) is 5.41 Å². The van der Waals surface area contributed by atoms with Gasteiger partial charge >= 0.3 is 0 Å². The van der Waals surface area contributed by atoms with Crippen LogP contribution in [0.2, 0.25) is 0 Å². The molecule has 1 fully saturated rings. The first kappa shape index (κ1) is 13.3. The largest absolute Gasteiger partial charge is 0.368 e. The van der Waals surface area contributed by atoms with Crippen molar-refractivity contribution in [1.82, 2.24) is 5.32 Å². The summed E-state index contributed by atoms with van der Waals surface area (Å²) in [5.41, 5.74) is 0.920. The minimum atomic E-state index is -0.118. The number of benzene rings is 1. The molecule has 100 valence electrons. The summed E-state index contributed by atoms with van der Waals surface area (Å²) in [6.07, 6.45) is 1.06. The number of anilines is 1. The van der Waals surface area contributed by atoms with Gasteiger partial charge in [-0.2, -0.15) is 0 Å². The lowest BCUT2D eigenvalue weighted by atomic mass is 9.86. The Balaban J connectivity index is 2.20. The lowest BCUT2D eigenvalue weighted by molar-refractivity contribution is 0.280. The monoisotopic (exact) mass is 250 g/mol. The minimum Gasteiger partial charge on any atom is -0.368 e. The molecule has 1 unspecified atom stereocenters. The van der Waals surface area contributed by atoms with Gasteiger partial charge in [0.15, 0.2) is 0 Å². The summed E-state index contributed by atoms with van der Waals surface area (Å²) in [6.45, 7) is 9.48. The van der Waals surface area contributed by atoms with Gasteiger partial charge in [-0.05, 0) is 30.5 Å². The van der Waals surface area contributed by atoms with Crippen LogP contribution < -0.4 is 10.2 Å². The van der Waals surface area contributed by atoms with Gasteiger partial charge in [-0.3, -0.25) is 0 Å². The van der Waals surface area contributed by atoms with Crippen LogP contribution in [-0.4, -0.2) is 25.7 Å². The first-order valence-corrected chi connectivity index (χ1v) is 6.71. The first-order valence-electron chi connectivity index (χ1n) is 6.71. The normalized spacial score (nSPS) is 21.8. The van der Waals surface area contributed by atoms with E-state index in [0.29, 0.717) is 6.04 Å². The zero-order valence-corrected chi connectivity index (χ0v) is 11.5. The Morgan fingerprint density at radius 3 is 2.67 bits per heavy atom. The molecule has 0 bridgehead atoms. The summed E-state index contributed by atoms with van der Waals surface area (Å²) in [5.74, 6) is -0.118. The lowest BCUT2D eigenvalue weighted by Crippen LogP contribution is -2.46. The number of hydrogen-bond donors (Lipinski definition) is 1. The average Bonchev–Trinajstić information content (AvgIpc) is 2.54. The van der Waals surface area contributed by atoms with Crippen LogP contribution in [0.1, 0.15) is 27.2 Å². The fraction of sp³-hybridized carbons (Fsp3) is 0.600. The predicted octanol–water partition coefficient (Wildman–Crippen LogP) is 3.04. The third-order valence-corrected chi connectivity index (χ3v) is 3.64. The van der Waals surface area contributed by atoms with Gasteiger partial charge in [-0.15, -0.1) is 0 Å². The molecule has 2 rings (SSSR count). The summed E-state index contributed by atoms with van der Waals surface area (Å²) in [5, 5.41) is 3.58. The minimum absolute atomic E-state index is 0.118. The third-order valence-electron chi connectivity index (χ3n) is 3.64. The second-order valence-electron chi connectivity index (χ2n) is 6.12. The Morgan fingerprint density at radius 2 is 2.00 bits per heavy atom. The van der Waals surface area contributed by atoms with Crippen molar-refractivity contribution in [1.29, 1.82) is 0 Å².